The lowest BCUT2D eigenvalue weighted by Crippen LogP contribution is -2.14. The first-order valence-electron chi connectivity index (χ1n) is 6.20. The number of aromatic nitrogens is 1. The van der Waals surface area contributed by atoms with Gasteiger partial charge in [-0.05, 0) is 43.3 Å². The summed E-state index contributed by atoms with van der Waals surface area (Å²) in [6.07, 6.45) is 1.95. The van der Waals surface area contributed by atoms with Crippen molar-refractivity contribution in [2.45, 2.75) is 13.3 Å². The number of rotatable bonds is 5. The normalized spacial score (nSPS) is 9.95. The van der Waals surface area contributed by atoms with E-state index in [0.717, 1.165) is 17.1 Å². The van der Waals surface area contributed by atoms with Crippen LogP contribution in [0.5, 0.6) is 5.75 Å². The maximum absolute atomic E-state index is 11.8. The number of nitrogens with one attached hydrogen (secondary N) is 1. The molecule has 1 amide bonds. The zero-order valence-electron chi connectivity index (χ0n) is 10.8. The highest BCUT2D eigenvalue weighted by Crippen LogP contribution is 2.15. The van der Waals surface area contributed by atoms with Gasteiger partial charge in [0.2, 0.25) is 5.91 Å². The van der Waals surface area contributed by atoms with Crippen molar-refractivity contribution in [3.8, 4) is 5.75 Å². The SMILES string of the molecule is CCOc1ccc(NC(=O)Cc2ccccn2)cc1. The maximum atomic E-state index is 11.8. The molecule has 0 atom stereocenters. The molecule has 2 aromatic rings. The molecule has 1 heterocycles. The van der Waals surface area contributed by atoms with Gasteiger partial charge < -0.3 is 10.1 Å². The van der Waals surface area contributed by atoms with E-state index < -0.39 is 0 Å². The van der Waals surface area contributed by atoms with E-state index in [0.29, 0.717) is 6.61 Å². The van der Waals surface area contributed by atoms with Crippen LogP contribution in [-0.2, 0) is 11.2 Å². The third kappa shape index (κ3) is 4.10. The summed E-state index contributed by atoms with van der Waals surface area (Å²) in [5.74, 6) is 0.716. The number of pyridine rings is 1. The van der Waals surface area contributed by atoms with Crippen LogP contribution in [0.3, 0.4) is 0 Å². The molecule has 0 fully saturated rings. The van der Waals surface area contributed by atoms with Gasteiger partial charge in [-0.25, -0.2) is 0 Å². The lowest BCUT2D eigenvalue weighted by molar-refractivity contribution is -0.115. The molecule has 0 bridgehead atoms. The number of hydrogen-bond donors (Lipinski definition) is 1. The topological polar surface area (TPSA) is 51.2 Å². The number of anilines is 1. The van der Waals surface area contributed by atoms with Crippen LogP contribution in [0.2, 0.25) is 0 Å². The van der Waals surface area contributed by atoms with Crippen molar-refractivity contribution in [3.05, 3.63) is 54.4 Å². The summed E-state index contributed by atoms with van der Waals surface area (Å²) in [5, 5.41) is 2.83. The summed E-state index contributed by atoms with van der Waals surface area (Å²) < 4.78 is 5.34. The highest BCUT2D eigenvalue weighted by atomic mass is 16.5. The largest absolute Gasteiger partial charge is 0.494 e. The molecule has 0 radical (unpaired) electrons. The number of ether oxygens (including phenoxy) is 1. The molecule has 1 aromatic heterocycles. The van der Waals surface area contributed by atoms with Gasteiger partial charge in [0.25, 0.3) is 0 Å². The van der Waals surface area contributed by atoms with E-state index in [-0.39, 0.29) is 12.3 Å². The smallest absolute Gasteiger partial charge is 0.230 e. The van der Waals surface area contributed by atoms with Gasteiger partial charge in [0.1, 0.15) is 5.75 Å². The van der Waals surface area contributed by atoms with Crippen LogP contribution in [0.15, 0.2) is 48.7 Å². The molecule has 98 valence electrons. The molecular weight excluding hydrogens is 240 g/mol. The Balaban J connectivity index is 1.91. The van der Waals surface area contributed by atoms with Crippen LogP contribution in [0.25, 0.3) is 0 Å². The van der Waals surface area contributed by atoms with Crippen LogP contribution in [0, 0.1) is 0 Å². The fraction of sp³-hybridized carbons (Fsp3) is 0.200. The molecular formula is C15H16N2O2. The second-order valence-corrected chi connectivity index (χ2v) is 4.00. The molecule has 2 rings (SSSR count). The van der Waals surface area contributed by atoms with Crippen molar-refractivity contribution in [1.29, 1.82) is 0 Å². The molecule has 0 aliphatic heterocycles. The minimum atomic E-state index is -0.0807. The van der Waals surface area contributed by atoms with Crippen molar-refractivity contribution < 1.29 is 9.53 Å². The van der Waals surface area contributed by atoms with Crippen LogP contribution in [0.4, 0.5) is 5.69 Å². The molecule has 1 N–H and O–H groups in total. The quantitative estimate of drug-likeness (QED) is 0.894. The average molecular weight is 256 g/mol. The van der Waals surface area contributed by atoms with Gasteiger partial charge in [0.15, 0.2) is 0 Å². The predicted molar refractivity (Wildman–Crippen MR) is 74.2 cm³/mol. The summed E-state index contributed by atoms with van der Waals surface area (Å²) in [7, 11) is 0. The average Bonchev–Trinajstić information content (AvgIpc) is 2.42. The summed E-state index contributed by atoms with van der Waals surface area (Å²) in [6.45, 7) is 2.56. The van der Waals surface area contributed by atoms with Gasteiger partial charge in [-0.3, -0.25) is 9.78 Å². The predicted octanol–water partition coefficient (Wildman–Crippen LogP) is 2.66. The van der Waals surface area contributed by atoms with Gasteiger partial charge in [0, 0.05) is 17.6 Å². The molecule has 19 heavy (non-hydrogen) atoms. The molecule has 4 heteroatoms. The van der Waals surface area contributed by atoms with Crippen molar-refractivity contribution in [3.63, 3.8) is 0 Å². The molecule has 0 unspecified atom stereocenters. The van der Waals surface area contributed by atoms with Gasteiger partial charge >= 0.3 is 0 Å². The highest BCUT2D eigenvalue weighted by molar-refractivity contribution is 5.92. The summed E-state index contributed by atoms with van der Waals surface area (Å²) in [4.78, 5) is 15.9. The Morgan fingerprint density at radius 1 is 1.21 bits per heavy atom. The Morgan fingerprint density at radius 3 is 2.63 bits per heavy atom. The molecule has 1 aromatic carbocycles. The van der Waals surface area contributed by atoms with Crippen LogP contribution < -0.4 is 10.1 Å². The standard InChI is InChI=1S/C15H16N2O2/c1-2-19-14-8-6-12(7-9-14)17-15(18)11-13-5-3-4-10-16-13/h3-10H,2,11H2,1H3,(H,17,18). The van der Waals surface area contributed by atoms with E-state index in [9.17, 15) is 4.79 Å². The number of amides is 1. The molecule has 0 saturated heterocycles. The Kier molecular flexibility index (Phi) is 4.50. The lowest BCUT2D eigenvalue weighted by Gasteiger charge is -2.06. The molecule has 0 aliphatic carbocycles. The molecule has 0 aliphatic rings. The fourth-order valence-electron chi connectivity index (χ4n) is 1.67. The number of benzene rings is 1. The number of hydrogen-bond acceptors (Lipinski definition) is 3. The number of nitrogens with zero attached hydrogens (tertiary/aromatic N) is 1. The summed E-state index contributed by atoms with van der Waals surface area (Å²) >= 11 is 0. The zero-order chi connectivity index (χ0) is 13.5. The van der Waals surface area contributed by atoms with Crippen molar-refractivity contribution in [1.82, 2.24) is 4.98 Å². The minimum Gasteiger partial charge on any atom is -0.494 e. The second kappa shape index (κ2) is 6.54. The van der Waals surface area contributed by atoms with Gasteiger partial charge in [-0.15, -0.1) is 0 Å². The minimum absolute atomic E-state index is 0.0807. The number of carbonyl (C=O) groups is 1. The van der Waals surface area contributed by atoms with Crippen LogP contribution >= 0.6 is 0 Å². The van der Waals surface area contributed by atoms with Gasteiger partial charge in [-0.2, -0.15) is 0 Å². The zero-order valence-corrected chi connectivity index (χ0v) is 10.8. The Bertz CT molecular complexity index is 524. The first-order valence-corrected chi connectivity index (χ1v) is 6.20. The Labute approximate surface area is 112 Å². The highest BCUT2D eigenvalue weighted by Gasteiger charge is 2.04. The van der Waals surface area contributed by atoms with E-state index in [1.807, 2.05) is 49.4 Å². The van der Waals surface area contributed by atoms with E-state index in [2.05, 4.69) is 10.3 Å². The monoisotopic (exact) mass is 256 g/mol. The van der Waals surface area contributed by atoms with E-state index in [4.69, 9.17) is 4.74 Å². The molecule has 0 spiro atoms. The van der Waals surface area contributed by atoms with E-state index in [1.54, 1.807) is 6.20 Å². The van der Waals surface area contributed by atoms with E-state index in [1.165, 1.54) is 0 Å². The third-order valence-electron chi connectivity index (χ3n) is 2.52. The first kappa shape index (κ1) is 13.1. The van der Waals surface area contributed by atoms with Crippen molar-refractivity contribution in [2.24, 2.45) is 0 Å². The lowest BCUT2D eigenvalue weighted by atomic mass is 10.2. The Hall–Kier alpha value is -2.36. The maximum Gasteiger partial charge on any atom is 0.230 e. The van der Waals surface area contributed by atoms with Crippen molar-refractivity contribution >= 4 is 11.6 Å². The van der Waals surface area contributed by atoms with Gasteiger partial charge in [-0.1, -0.05) is 6.07 Å². The van der Waals surface area contributed by atoms with E-state index >= 15 is 0 Å². The third-order valence-corrected chi connectivity index (χ3v) is 2.52. The Morgan fingerprint density at radius 2 is 2.00 bits per heavy atom. The number of carbonyl (C=O) groups excluding carboxylic acids is 1. The second-order valence-electron chi connectivity index (χ2n) is 4.00. The molecule has 4 nitrogen and oxygen atoms in total. The first-order chi connectivity index (χ1) is 9.28. The van der Waals surface area contributed by atoms with Crippen LogP contribution in [-0.4, -0.2) is 17.5 Å². The van der Waals surface area contributed by atoms with Crippen molar-refractivity contribution in [2.75, 3.05) is 11.9 Å². The van der Waals surface area contributed by atoms with Gasteiger partial charge in [0.05, 0.1) is 13.0 Å². The summed E-state index contributed by atoms with van der Waals surface area (Å²) in [5.41, 5.74) is 1.51. The molecule has 0 saturated carbocycles. The van der Waals surface area contributed by atoms with Crippen LogP contribution in [0.1, 0.15) is 12.6 Å². The summed E-state index contributed by atoms with van der Waals surface area (Å²) in [6, 6.07) is 12.8. The fourth-order valence-corrected chi connectivity index (χ4v) is 1.67.